The van der Waals surface area contributed by atoms with Gasteiger partial charge in [0.1, 0.15) is 4.99 Å². The van der Waals surface area contributed by atoms with E-state index < -0.39 is 0 Å². The van der Waals surface area contributed by atoms with Gasteiger partial charge in [-0.25, -0.2) is 0 Å². The molecule has 1 fully saturated rings. The van der Waals surface area contributed by atoms with Crippen LogP contribution in [0.15, 0.2) is 18.2 Å². The van der Waals surface area contributed by atoms with E-state index in [1.54, 1.807) is 0 Å². The first kappa shape index (κ1) is 11.4. The fourth-order valence-electron chi connectivity index (χ4n) is 2.08. The van der Waals surface area contributed by atoms with E-state index in [2.05, 4.69) is 4.90 Å². The number of anilines is 1. The van der Waals surface area contributed by atoms with Gasteiger partial charge in [-0.3, -0.25) is 0 Å². The van der Waals surface area contributed by atoms with E-state index in [0.717, 1.165) is 29.8 Å². The lowest BCUT2D eigenvalue weighted by Crippen LogP contribution is -2.24. The van der Waals surface area contributed by atoms with Crippen molar-refractivity contribution in [3.63, 3.8) is 0 Å². The van der Waals surface area contributed by atoms with Crippen molar-refractivity contribution in [1.82, 2.24) is 0 Å². The van der Waals surface area contributed by atoms with Crippen molar-refractivity contribution < 1.29 is 5.11 Å². The Hall–Kier alpha value is -1.13. The Morgan fingerprint density at radius 1 is 1.56 bits per heavy atom. The molecule has 1 heterocycles. The highest BCUT2D eigenvalue weighted by Gasteiger charge is 2.22. The normalized spacial score (nSPS) is 20.1. The molecule has 0 saturated carbocycles. The number of nitrogens with zero attached hydrogens (tertiary/aromatic N) is 1. The largest absolute Gasteiger partial charge is 0.391 e. The first-order valence-electron chi connectivity index (χ1n) is 5.41. The predicted octanol–water partition coefficient (Wildman–Crippen LogP) is 1.20. The number of thiocarbonyl (C=S) groups is 1. The summed E-state index contributed by atoms with van der Waals surface area (Å²) in [6.07, 6.45) is 0.575. The highest BCUT2D eigenvalue weighted by Crippen LogP contribution is 2.25. The summed E-state index contributed by atoms with van der Waals surface area (Å²) in [5, 5.41) is 9.54. The molecule has 0 aromatic heterocycles. The average molecular weight is 236 g/mol. The van der Waals surface area contributed by atoms with Crippen LogP contribution in [0, 0.1) is 6.92 Å². The summed E-state index contributed by atoms with van der Waals surface area (Å²) < 4.78 is 0. The van der Waals surface area contributed by atoms with Crippen LogP contribution in [0.5, 0.6) is 0 Å². The molecule has 3 N–H and O–H groups in total. The minimum Gasteiger partial charge on any atom is -0.391 e. The van der Waals surface area contributed by atoms with Crippen LogP contribution in [0.1, 0.15) is 17.5 Å². The van der Waals surface area contributed by atoms with E-state index in [9.17, 15) is 5.11 Å². The molecule has 0 amide bonds. The summed E-state index contributed by atoms with van der Waals surface area (Å²) in [6.45, 7) is 3.54. The van der Waals surface area contributed by atoms with Gasteiger partial charge in [0.15, 0.2) is 0 Å². The smallest absolute Gasteiger partial charge is 0.106 e. The minimum absolute atomic E-state index is 0.236. The summed E-state index contributed by atoms with van der Waals surface area (Å²) in [5.74, 6) is 0. The maximum absolute atomic E-state index is 9.54. The molecular formula is C12H16N2OS. The van der Waals surface area contributed by atoms with Crippen LogP contribution < -0.4 is 10.6 Å². The molecule has 3 nitrogen and oxygen atoms in total. The van der Waals surface area contributed by atoms with Gasteiger partial charge >= 0.3 is 0 Å². The van der Waals surface area contributed by atoms with Crippen LogP contribution >= 0.6 is 12.2 Å². The molecule has 1 aliphatic rings. The van der Waals surface area contributed by atoms with Crippen molar-refractivity contribution in [3.05, 3.63) is 29.3 Å². The maximum atomic E-state index is 9.54. The zero-order valence-electron chi connectivity index (χ0n) is 9.31. The second kappa shape index (κ2) is 4.39. The number of aliphatic hydroxyl groups excluding tert-OH is 1. The lowest BCUT2D eigenvalue weighted by atomic mass is 10.1. The number of hydrogen-bond acceptors (Lipinski definition) is 3. The molecule has 1 aromatic carbocycles. The third-order valence-electron chi connectivity index (χ3n) is 2.92. The van der Waals surface area contributed by atoms with Crippen molar-refractivity contribution in [3.8, 4) is 0 Å². The van der Waals surface area contributed by atoms with Gasteiger partial charge < -0.3 is 15.7 Å². The third kappa shape index (κ3) is 2.18. The topological polar surface area (TPSA) is 49.5 Å². The number of benzene rings is 1. The Bertz CT molecular complexity index is 419. The first-order chi connectivity index (χ1) is 7.58. The Morgan fingerprint density at radius 3 is 2.88 bits per heavy atom. The standard InChI is InChI=1S/C12H16N2OS/c1-8-2-3-11(10(6-8)12(13)16)14-5-4-9(15)7-14/h2-3,6,9,15H,4-5,7H2,1H3,(H2,13,16). The summed E-state index contributed by atoms with van der Waals surface area (Å²) in [7, 11) is 0. The first-order valence-corrected chi connectivity index (χ1v) is 5.82. The highest BCUT2D eigenvalue weighted by molar-refractivity contribution is 7.80. The number of aliphatic hydroxyl groups is 1. The van der Waals surface area contributed by atoms with E-state index in [-0.39, 0.29) is 6.10 Å². The van der Waals surface area contributed by atoms with Crippen LogP contribution in [0.3, 0.4) is 0 Å². The molecule has 1 atom stereocenters. The highest BCUT2D eigenvalue weighted by atomic mass is 32.1. The molecule has 1 aliphatic heterocycles. The fourth-order valence-corrected chi connectivity index (χ4v) is 2.25. The fraction of sp³-hybridized carbons (Fsp3) is 0.417. The predicted molar refractivity (Wildman–Crippen MR) is 69.9 cm³/mol. The zero-order chi connectivity index (χ0) is 11.7. The van der Waals surface area contributed by atoms with E-state index in [1.165, 1.54) is 0 Å². The quantitative estimate of drug-likeness (QED) is 0.758. The zero-order valence-corrected chi connectivity index (χ0v) is 10.1. The van der Waals surface area contributed by atoms with Crippen LogP contribution in [0.25, 0.3) is 0 Å². The second-order valence-corrected chi connectivity index (χ2v) is 4.71. The molecule has 0 spiro atoms. The van der Waals surface area contributed by atoms with Gasteiger partial charge in [0.25, 0.3) is 0 Å². The molecule has 4 heteroatoms. The van der Waals surface area contributed by atoms with Crippen LogP contribution in [-0.2, 0) is 0 Å². The van der Waals surface area contributed by atoms with Gasteiger partial charge in [-0.15, -0.1) is 0 Å². The van der Waals surface area contributed by atoms with Crippen molar-refractivity contribution in [2.24, 2.45) is 5.73 Å². The van der Waals surface area contributed by atoms with Gasteiger partial charge in [0.05, 0.1) is 6.10 Å². The van der Waals surface area contributed by atoms with Crippen molar-refractivity contribution in [2.75, 3.05) is 18.0 Å². The third-order valence-corrected chi connectivity index (χ3v) is 3.14. The minimum atomic E-state index is -0.236. The Balaban J connectivity index is 2.36. The van der Waals surface area contributed by atoms with Gasteiger partial charge in [0.2, 0.25) is 0 Å². The maximum Gasteiger partial charge on any atom is 0.106 e. The summed E-state index contributed by atoms with van der Waals surface area (Å²) >= 11 is 5.06. The van der Waals surface area contributed by atoms with E-state index in [0.29, 0.717) is 11.5 Å². The Morgan fingerprint density at radius 2 is 2.31 bits per heavy atom. The molecule has 1 aromatic rings. The van der Waals surface area contributed by atoms with Crippen molar-refractivity contribution in [1.29, 1.82) is 0 Å². The molecule has 86 valence electrons. The Kier molecular flexibility index (Phi) is 3.12. The average Bonchev–Trinajstić information content (AvgIpc) is 2.64. The van der Waals surface area contributed by atoms with E-state index >= 15 is 0 Å². The number of rotatable bonds is 2. The van der Waals surface area contributed by atoms with Crippen LogP contribution in [-0.4, -0.2) is 29.3 Å². The van der Waals surface area contributed by atoms with Gasteiger partial charge in [0, 0.05) is 24.3 Å². The molecule has 2 rings (SSSR count). The van der Waals surface area contributed by atoms with Gasteiger partial charge in [-0.1, -0.05) is 23.8 Å². The second-order valence-electron chi connectivity index (χ2n) is 4.27. The molecule has 0 bridgehead atoms. The van der Waals surface area contributed by atoms with Crippen LogP contribution in [0.2, 0.25) is 0 Å². The molecule has 1 unspecified atom stereocenters. The number of nitrogens with two attached hydrogens (primary N) is 1. The van der Waals surface area contributed by atoms with Gasteiger partial charge in [-0.2, -0.15) is 0 Å². The summed E-state index contributed by atoms with van der Waals surface area (Å²) in [6, 6.07) is 6.08. The molecular weight excluding hydrogens is 220 g/mol. The van der Waals surface area contributed by atoms with Crippen molar-refractivity contribution in [2.45, 2.75) is 19.4 Å². The number of hydrogen-bond donors (Lipinski definition) is 2. The van der Waals surface area contributed by atoms with Gasteiger partial charge in [-0.05, 0) is 25.5 Å². The number of aryl methyl sites for hydroxylation is 1. The summed E-state index contributed by atoms with van der Waals surface area (Å²) in [4.78, 5) is 2.55. The lowest BCUT2D eigenvalue weighted by Gasteiger charge is -2.21. The lowest BCUT2D eigenvalue weighted by molar-refractivity contribution is 0.198. The summed E-state index contributed by atoms with van der Waals surface area (Å²) in [5.41, 5.74) is 8.82. The van der Waals surface area contributed by atoms with Crippen LogP contribution in [0.4, 0.5) is 5.69 Å². The molecule has 1 saturated heterocycles. The van der Waals surface area contributed by atoms with E-state index in [4.69, 9.17) is 18.0 Å². The molecule has 0 radical (unpaired) electrons. The molecule has 16 heavy (non-hydrogen) atoms. The van der Waals surface area contributed by atoms with Crippen molar-refractivity contribution >= 4 is 22.9 Å². The number of β-amino-alcohol motifs (C(OH)–C–C–N with tert-alkyl or cyclic N) is 1. The molecule has 0 aliphatic carbocycles. The SMILES string of the molecule is Cc1ccc(N2CCC(O)C2)c(C(N)=S)c1. The van der Waals surface area contributed by atoms with E-state index in [1.807, 2.05) is 25.1 Å². The Labute approximate surface area is 101 Å². The monoisotopic (exact) mass is 236 g/mol.